The predicted octanol–water partition coefficient (Wildman–Crippen LogP) is 2.04. The van der Waals surface area contributed by atoms with Crippen LogP contribution >= 0.6 is 11.6 Å². The average Bonchev–Trinajstić information content (AvgIpc) is 2.16. The molecule has 0 amide bonds. The Kier molecular flexibility index (Phi) is 3.48. The van der Waals surface area contributed by atoms with Crippen LogP contribution in [-0.4, -0.2) is 9.91 Å². The first-order chi connectivity index (χ1) is 6.97. The Morgan fingerprint density at radius 3 is 2.67 bits per heavy atom. The van der Waals surface area contributed by atoms with E-state index in [9.17, 15) is 18.9 Å². The zero-order valence-corrected chi connectivity index (χ0v) is 8.04. The van der Waals surface area contributed by atoms with Crippen molar-refractivity contribution in [2.75, 3.05) is 0 Å². The second kappa shape index (κ2) is 4.45. The number of nitrogens with zero attached hydrogens (tertiary/aromatic N) is 2. The SMILES string of the molecule is NCc1cc(Cl)c([N+](=O)[O-])nc1C(F)F. The van der Waals surface area contributed by atoms with Crippen LogP contribution in [0.15, 0.2) is 6.07 Å². The summed E-state index contributed by atoms with van der Waals surface area (Å²) in [7, 11) is 0. The Hall–Kier alpha value is -1.34. The molecule has 0 spiro atoms. The van der Waals surface area contributed by atoms with Gasteiger partial charge in [-0.3, -0.25) is 0 Å². The summed E-state index contributed by atoms with van der Waals surface area (Å²) in [5, 5.41) is 10.1. The number of rotatable bonds is 3. The van der Waals surface area contributed by atoms with Crippen LogP contribution in [0.4, 0.5) is 14.6 Å². The molecule has 1 aromatic rings. The van der Waals surface area contributed by atoms with E-state index in [1.54, 1.807) is 0 Å². The highest BCUT2D eigenvalue weighted by Gasteiger charge is 2.25. The topological polar surface area (TPSA) is 82.0 Å². The quantitative estimate of drug-likeness (QED) is 0.644. The van der Waals surface area contributed by atoms with Crippen molar-refractivity contribution in [2.45, 2.75) is 13.0 Å². The van der Waals surface area contributed by atoms with E-state index in [0.29, 0.717) is 0 Å². The van der Waals surface area contributed by atoms with E-state index in [-0.39, 0.29) is 17.1 Å². The average molecular weight is 238 g/mol. The van der Waals surface area contributed by atoms with Gasteiger partial charge in [-0.25, -0.2) is 8.78 Å². The number of aromatic nitrogens is 1. The number of nitro groups is 1. The fourth-order valence-corrected chi connectivity index (χ4v) is 1.25. The highest BCUT2D eigenvalue weighted by Crippen LogP contribution is 2.29. The predicted molar refractivity (Wildman–Crippen MR) is 48.7 cm³/mol. The molecule has 0 radical (unpaired) electrons. The molecule has 0 saturated carbocycles. The lowest BCUT2D eigenvalue weighted by Gasteiger charge is -2.03. The van der Waals surface area contributed by atoms with E-state index in [2.05, 4.69) is 4.98 Å². The van der Waals surface area contributed by atoms with Gasteiger partial charge in [-0.2, -0.15) is 0 Å². The first kappa shape index (κ1) is 11.7. The molecule has 0 unspecified atom stereocenters. The molecule has 5 nitrogen and oxygen atoms in total. The normalized spacial score (nSPS) is 10.7. The van der Waals surface area contributed by atoms with Crippen molar-refractivity contribution < 1.29 is 13.7 Å². The molecule has 8 heteroatoms. The van der Waals surface area contributed by atoms with Crippen LogP contribution in [0.3, 0.4) is 0 Å². The van der Waals surface area contributed by atoms with Crippen molar-refractivity contribution in [1.82, 2.24) is 4.98 Å². The maximum Gasteiger partial charge on any atom is 0.382 e. The van der Waals surface area contributed by atoms with E-state index in [1.807, 2.05) is 0 Å². The number of hydrogen-bond acceptors (Lipinski definition) is 4. The van der Waals surface area contributed by atoms with Gasteiger partial charge < -0.3 is 15.8 Å². The van der Waals surface area contributed by atoms with Gasteiger partial charge in [0.15, 0.2) is 0 Å². The molecule has 15 heavy (non-hydrogen) atoms. The van der Waals surface area contributed by atoms with E-state index in [0.717, 1.165) is 6.07 Å². The third-order valence-electron chi connectivity index (χ3n) is 1.67. The molecule has 0 bridgehead atoms. The van der Waals surface area contributed by atoms with Gasteiger partial charge in [-0.15, -0.1) is 0 Å². The van der Waals surface area contributed by atoms with Crippen molar-refractivity contribution in [3.8, 4) is 0 Å². The third kappa shape index (κ3) is 2.37. The van der Waals surface area contributed by atoms with Gasteiger partial charge in [0.2, 0.25) is 5.69 Å². The second-order valence-corrected chi connectivity index (χ2v) is 3.01. The zero-order valence-electron chi connectivity index (χ0n) is 7.28. The molecular formula is C7H6ClF2N3O2. The number of alkyl halides is 2. The maximum absolute atomic E-state index is 12.4. The van der Waals surface area contributed by atoms with Gasteiger partial charge >= 0.3 is 12.2 Å². The molecule has 1 rings (SSSR count). The lowest BCUT2D eigenvalue weighted by atomic mass is 10.2. The highest BCUT2D eigenvalue weighted by atomic mass is 35.5. The Balaban J connectivity index is 3.37. The summed E-state index contributed by atoms with van der Waals surface area (Å²) in [6.45, 7) is -0.204. The van der Waals surface area contributed by atoms with Crippen molar-refractivity contribution in [3.63, 3.8) is 0 Å². The molecule has 0 aliphatic heterocycles. The Morgan fingerprint density at radius 2 is 2.27 bits per heavy atom. The Morgan fingerprint density at radius 1 is 1.67 bits per heavy atom. The fourth-order valence-electron chi connectivity index (χ4n) is 1.01. The molecule has 2 N–H and O–H groups in total. The summed E-state index contributed by atoms with van der Waals surface area (Å²) >= 11 is 5.48. The molecule has 1 heterocycles. The van der Waals surface area contributed by atoms with Crippen LogP contribution in [0.5, 0.6) is 0 Å². The second-order valence-electron chi connectivity index (χ2n) is 2.60. The summed E-state index contributed by atoms with van der Waals surface area (Å²) in [6, 6.07) is 1.04. The van der Waals surface area contributed by atoms with Crippen LogP contribution in [0.1, 0.15) is 17.7 Å². The van der Waals surface area contributed by atoms with Crippen LogP contribution in [-0.2, 0) is 6.54 Å². The Bertz CT molecular complexity index is 400. The van der Waals surface area contributed by atoms with Gasteiger partial charge in [-0.05, 0) is 16.0 Å². The summed E-state index contributed by atoms with van der Waals surface area (Å²) in [6.07, 6.45) is -2.92. The smallest absolute Gasteiger partial charge is 0.358 e. The third-order valence-corrected chi connectivity index (χ3v) is 1.95. The number of pyridine rings is 1. The highest BCUT2D eigenvalue weighted by molar-refractivity contribution is 6.32. The van der Waals surface area contributed by atoms with Gasteiger partial charge in [-0.1, -0.05) is 11.6 Å². The van der Waals surface area contributed by atoms with E-state index in [1.165, 1.54) is 0 Å². The van der Waals surface area contributed by atoms with Gasteiger partial charge in [0.1, 0.15) is 5.02 Å². The van der Waals surface area contributed by atoms with Crippen LogP contribution < -0.4 is 5.73 Å². The number of halogens is 3. The molecular weight excluding hydrogens is 232 g/mol. The Labute approximate surface area is 88.0 Å². The lowest BCUT2D eigenvalue weighted by molar-refractivity contribution is -0.389. The monoisotopic (exact) mass is 237 g/mol. The molecule has 0 fully saturated rings. The number of hydrogen-bond donors (Lipinski definition) is 1. The molecule has 0 aliphatic carbocycles. The van der Waals surface area contributed by atoms with Gasteiger partial charge in [0, 0.05) is 12.1 Å². The molecule has 82 valence electrons. The first-order valence-corrected chi connectivity index (χ1v) is 4.17. The fraction of sp³-hybridized carbons (Fsp3) is 0.286. The molecule has 1 aromatic heterocycles. The summed E-state index contributed by atoms with van der Waals surface area (Å²) in [4.78, 5) is 12.6. The minimum atomic E-state index is -2.92. The molecule has 0 aromatic carbocycles. The van der Waals surface area contributed by atoms with Crippen molar-refractivity contribution in [3.05, 3.63) is 32.5 Å². The van der Waals surface area contributed by atoms with Gasteiger partial charge in [0.25, 0.3) is 0 Å². The van der Waals surface area contributed by atoms with E-state index in [4.69, 9.17) is 17.3 Å². The maximum atomic E-state index is 12.4. The standard InChI is InChI=1S/C7H6ClF2N3O2/c8-4-1-3(2-11)5(6(9)10)12-7(4)13(14)15/h1,6H,2,11H2. The van der Waals surface area contributed by atoms with Crippen molar-refractivity contribution >= 4 is 17.4 Å². The van der Waals surface area contributed by atoms with Crippen LogP contribution in [0, 0.1) is 10.1 Å². The number of nitrogens with two attached hydrogens (primary N) is 1. The van der Waals surface area contributed by atoms with Crippen LogP contribution in [0.2, 0.25) is 5.02 Å². The minimum Gasteiger partial charge on any atom is -0.358 e. The summed E-state index contributed by atoms with van der Waals surface area (Å²) in [5.41, 5.74) is 4.48. The van der Waals surface area contributed by atoms with E-state index < -0.39 is 22.9 Å². The zero-order chi connectivity index (χ0) is 11.6. The first-order valence-electron chi connectivity index (χ1n) is 3.79. The van der Waals surface area contributed by atoms with E-state index >= 15 is 0 Å². The van der Waals surface area contributed by atoms with Crippen molar-refractivity contribution in [1.29, 1.82) is 0 Å². The lowest BCUT2D eigenvalue weighted by Crippen LogP contribution is -2.07. The summed E-state index contributed by atoms with van der Waals surface area (Å²) in [5.74, 6) is -0.788. The van der Waals surface area contributed by atoms with Crippen LogP contribution in [0.25, 0.3) is 0 Å². The van der Waals surface area contributed by atoms with Gasteiger partial charge in [0.05, 0.1) is 0 Å². The molecule has 0 saturated heterocycles. The summed E-state index contributed by atoms with van der Waals surface area (Å²) < 4.78 is 24.8. The molecule has 0 aliphatic rings. The molecule has 0 atom stereocenters. The van der Waals surface area contributed by atoms with Crippen molar-refractivity contribution in [2.24, 2.45) is 5.73 Å². The minimum absolute atomic E-state index is 0.000556. The largest absolute Gasteiger partial charge is 0.382 e.